The van der Waals surface area contributed by atoms with Crippen LogP contribution in [0.4, 0.5) is 0 Å². The van der Waals surface area contributed by atoms with E-state index in [1.807, 2.05) is 34.6 Å². The highest BCUT2D eigenvalue weighted by atomic mass is 35.5. The summed E-state index contributed by atoms with van der Waals surface area (Å²) in [5.41, 5.74) is -0.570. The van der Waals surface area contributed by atoms with E-state index in [0.717, 1.165) is 0 Å². The molecule has 0 saturated carbocycles. The van der Waals surface area contributed by atoms with Crippen LogP contribution < -0.4 is 0 Å². The Balaban J connectivity index is 3.20. The Morgan fingerprint density at radius 2 is 1.78 bits per heavy atom. The summed E-state index contributed by atoms with van der Waals surface area (Å²) in [5.74, 6) is -0.523. The van der Waals surface area contributed by atoms with Gasteiger partial charge in [-0.1, -0.05) is 25.4 Å². The summed E-state index contributed by atoms with van der Waals surface area (Å²) in [5, 5.41) is 0. The van der Waals surface area contributed by atoms with E-state index in [9.17, 15) is 9.00 Å². The Labute approximate surface area is 117 Å². The molecule has 1 rings (SSSR count). The van der Waals surface area contributed by atoms with E-state index >= 15 is 0 Å². The van der Waals surface area contributed by atoms with Gasteiger partial charge in [0.15, 0.2) is 0 Å². The summed E-state index contributed by atoms with van der Waals surface area (Å²) in [6, 6.07) is 0. The Morgan fingerprint density at radius 1 is 1.33 bits per heavy atom. The molecular weight excluding hydrogens is 274 g/mol. The van der Waals surface area contributed by atoms with Crippen LogP contribution in [0.25, 0.3) is 0 Å². The van der Waals surface area contributed by atoms with Crippen molar-refractivity contribution in [1.29, 1.82) is 0 Å². The second-order valence-corrected chi connectivity index (χ2v) is 8.14. The highest BCUT2D eigenvalue weighted by molar-refractivity contribution is 7.84. The standard InChI is InChI=1S/C12H22ClNO3S/c1-7-11(8-2)12(13,9(15)17-6)14(11)18(16)10(3,4)5/h7-8H2,1-6H3/t12-,14?,18?/m1/s1. The van der Waals surface area contributed by atoms with Crippen LogP contribution in [0.15, 0.2) is 0 Å². The number of nitrogens with zero attached hydrogens (tertiary/aromatic N) is 1. The van der Waals surface area contributed by atoms with Gasteiger partial charge in [0.1, 0.15) is 11.0 Å². The van der Waals surface area contributed by atoms with Gasteiger partial charge in [0.05, 0.1) is 17.4 Å². The molecule has 0 bridgehead atoms. The zero-order valence-corrected chi connectivity index (χ0v) is 13.4. The summed E-state index contributed by atoms with van der Waals surface area (Å²) < 4.78 is 18.5. The normalized spacial score (nSPS) is 31.8. The molecule has 3 atom stereocenters. The van der Waals surface area contributed by atoms with Crippen LogP contribution >= 0.6 is 11.6 Å². The van der Waals surface area contributed by atoms with Gasteiger partial charge in [-0.15, -0.1) is 0 Å². The monoisotopic (exact) mass is 295 g/mol. The molecule has 0 aromatic heterocycles. The van der Waals surface area contributed by atoms with Gasteiger partial charge in [-0.05, 0) is 33.6 Å². The fourth-order valence-corrected chi connectivity index (χ4v) is 4.83. The lowest BCUT2D eigenvalue weighted by Crippen LogP contribution is -2.33. The van der Waals surface area contributed by atoms with Crippen molar-refractivity contribution in [1.82, 2.24) is 4.31 Å². The number of ether oxygens (including phenoxy) is 1. The van der Waals surface area contributed by atoms with Crippen LogP contribution in [-0.2, 0) is 20.5 Å². The molecule has 0 N–H and O–H groups in total. The minimum atomic E-state index is -1.34. The molecule has 4 nitrogen and oxygen atoms in total. The summed E-state index contributed by atoms with van der Waals surface area (Å²) in [7, 11) is -0.0335. The van der Waals surface area contributed by atoms with Crippen molar-refractivity contribution >= 4 is 28.6 Å². The van der Waals surface area contributed by atoms with E-state index in [1.165, 1.54) is 7.11 Å². The van der Waals surface area contributed by atoms with E-state index in [-0.39, 0.29) is 0 Å². The fraction of sp³-hybridized carbons (Fsp3) is 0.917. The molecule has 6 heteroatoms. The Morgan fingerprint density at radius 3 is 2.06 bits per heavy atom. The third-order valence-electron chi connectivity index (χ3n) is 3.55. The van der Waals surface area contributed by atoms with Gasteiger partial charge < -0.3 is 4.74 Å². The zero-order valence-electron chi connectivity index (χ0n) is 11.9. The number of carbonyl (C=O) groups excluding carboxylic acids is 1. The molecule has 1 saturated heterocycles. The number of rotatable bonds is 4. The first-order chi connectivity index (χ1) is 8.13. The fourth-order valence-electron chi connectivity index (χ4n) is 2.35. The average molecular weight is 296 g/mol. The van der Waals surface area contributed by atoms with E-state index in [1.54, 1.807) is 4.31 Å². The van der Waals surface area contributed by atoms with E-state index in [2.05, 4.69) is 0 Å². The van der Waals surface area contributed by atoms with Crippen molar-refractivity contribution in [3.8, 4) is 0 Å². The van der Waals surface area contributed by atoms with E-state index in [0.29, 0.717) is 12.8 Å². The quantitative estimate of drug-likeness (QED) is 0.346. The van der Waals surface area contributed by atoms with Crippen molar-refractivity contribution in [2.24, 2.45) is 0 Å². The van der Waals surface area contributed by atoms with E-state index in [4.69, 9.17) is 16.3 Å². The SMILES string of the molecule is CCC1(CC)N(S(=O)C(C)(C)C)[C@]1(Cl)C(=O)OC. The minimum absolute atomic E-state index is 0.458. The maximum atomic E-state index is 12.5. The Bertz CT molecular complexity index is 376. The molecule has 0 radical (unpaired) electrons. The zero-order chi connectivity index (χ0) is 14.4. The molecule has 2 unspecified atom stereocenters. The molecule has 1 aliphatic rings. The van der Waals surface area contributed by atoms with Gasteiger partial charge in [0.2, 0.25) is 5.00 Å². The lowest BCUT2D eigenvalue weighted by Gasteiger charge is -2.21. The van der Waals surface area contributed by atoms with Crippen LogP contribution in [0.3, 0.4) is 0 Å². The molecule has 0 amide bonds. The molecule has 0 aliphatic carbocycles. The number of halogens is 1. The highest BCUT2D eigenvalue weighted by Gasteiger charge is 2.81. The number of hydrogen-bond acceptors (Lipinski definition) is 3. The van der Waals surface area contributed by atoms with Crippen LogP contribution in [0, 0.1) is 0 Å². The van der Waals surface area contributed by atoms with Crippen LogP contribution in [0.5, 0.6) is 0 Å². The third kappa shape index (κ3) is 1.91. The summed E-state index contributed by atoms with van der Waals surface area (Å²) in [4.78, 5) is 10.7. The smallest absolute Gasteiger partial charge is 0.344 e. The number of methoxy groups -OCH3 is 1. The van der Waals surface area contributed by atoms with Gasteiger partial charge in [-0.25, -0.2) is 9.00 Å². The molecular formula is C12H22ClNO3S. The van der Waals surface area contributed by atoms with Crippen molar-refractivity contribution in [3.63, 3.8) is 0 Å². The molecule has 0 aromatic carbocycles. The van der Waals surface area contributed by atoms with Crippen molar-refractivity contribution in [2.75, 3.05) is 7.11 Å². The van der Waals surface area contributed by atoms with Crippen molar-refractivity contribution < 1.29 is 13.7 Å². The summed E-state index contributed by atoms with van der Waals surface area (Å²) in [6.07, 6.45) is 1.31. The maximum absolute atomic E-state index is 12.5. The van der Waals surface area contributed by atoms with Gasteiger partial charge in [-0.3, -0.25) is 0 Å². The largest absolute Gasteiger partial charge is 0.467 e. The van der Waals surface area contributed by atoms with Crippen LogP contribution in [0.2, 0.25) is 0 Å². The molecule has 0 aromatic rings. The van der Waals surface area contributed by atoms with Gasteiger partial charge >= 0.3 is 5.97 Å². The maximum Gasteiger partial charge on any atom is 0.344 e. The van der Waals surface area contributed by atoms with Gasteiger partial charge in [0, 0.05) is 0 Å². The van der Waals surface area contributed by atoms with E-state index < -0.39 is 32.2 Å². The number of hydrogen-bond donors (Lipinski definition) is 0. The first-order valence-corrected chi connectivity index (χ1v) is 7.61. The molecule has 1 aliphatic heterocycles. The topological polar surface area (TPSA) is 46.4 Å². The van der Waals surface area contributed by atoms with Crippen molar-refractivity contribution in [2.45, 2.75) is 62.7 Å². The number of esters is 1. The van der Waals surface area contributed by atoms with Gasteiger partial charge in [-0.2, -0.15) is 4.31 Å². The Kier molecular flexibility index (Phi) is 4.21. The predicted molar refractivity (Wildman–Crippen MR) is 73.6 cm³/mol. The first-order valence-electron chi connectivity index (χ1n) is 6.13. The van der Waals surface area contributed by atoms with Crippen LogP contribution in [0.1, 0.15) is 47.5 Å². The lowest BCUT2D eigenvalue weighted by atomic mass is 9.98. The minimum Gasteiger partial charge on any atom is -0.467 e. The highest BCUT2D eigenvalue weighted by Crippen LogP contribution is 2.61. The predicted octanol–water partition coefficient (Wildman–Crippen LogP) is 2.43. The third-order valence-corrected chi connectivity index (χ3v) is 6.33. The number of alkyl halides is 1. The average Bonchev–Trinajstić information content (AvgIpc) is 2.87. The number of carbonyl (C=O) groups is 1. The molecule has 1 fully saturated rings. The summed E-state index contributed by atoms with van der Waals surface area (Å²) >= 11 is 6.44. The lowest BCUT2D eigenvalue weighted by molar-refractivity contribution is -0.142. The summed E-state index contributed by atoms with van der Waals surface area (Å²) in [6.45, 7) is 9.50. The van der Waals surface area contributed by atoms with Gasteiger partial charge in [0.25, 0.3) is 0 Å². The van der Waals surface area contributed by atoms with Crippen LogP contribution in [-0.4, -0.2) is 36.9 Å². The second-order valence-electron chi connectivity index (χ2n) is 5.51. The Hall–Kier alpha value is -0.130. The molecule has 18 heavy (non-hydrogen) atoms. The molecule has 106 valence electrons. The van der Waals surface area contributed by atoms with Crippen molar-refractivity contribution in [3.05, 3.63) is 0 Å². The molecule has 1 heterocycles. The first kappa shape index (κ1) is 15.9. The molecule has 0 spiro atoms. The second kappa shape index (κ2) is 4.76.